The van der Waals surface area contributed by atoms with E-state index in [2.05, 4.69) is 15.1 Å². The molecule has 1 fully saturated rings. The van der Waals surface area contributed by atoms with Gasteiger partial charge in [-0.15, -0.1) is 10.2 Å². The SMILES string of the molecule is Cc1nnc(SCC(=O)N2CCN(c3ccc(F)cc3)CC2)o1. The predicted octanol–water partition coefficient (Wildman–Crippen LogP) is 1.96. The van der Waals surface area contributed by atoms with Gasteiger partial charge in [0.25, 0.3) is 5.22 Å². The number of carbonyl (C=O) groups excluding carboxylic acids is 1. The molecule has 2 heterocycles. The van der Waals surface area contributed by atoms with Gasteiger partial charge in [0.1, 0.15) is 5.82 Å². The third kappa shape index (κ3) is 4.01. The molecule has 1 amide bonds. The molecule has 0 saturated carbocycles. The van der Waals surface area contributed by atoms with E-state index in [1.54, 1.807) is 19.1 Å². The maximum atomic E-state index is 13.0. The Hall–Kier alpha value is -2.09. The summed E-state index contributed by atoms with van der Waals surface area (Å²) < 4.78 is 18.2. The van der Waals surface area contributed by atoms with Crippen molar-refractivity contribution in [1.29, 1.82) is 0 Å². The Labute approximate surface area is 137 Å². The number of thioether (sulfide) groups is 1. The highest BCUT2D eigenvalue weighted by molar-refractivity contribution is 7.99. The molecule has 3 rings (SSSR count). The standard InChI is InChI=1S/C15H17FN4O2S/c1-11-17-18-15(22-11)23-10-14(21)20-8-6-19(7-9-20)13-4-2-12(16)3-5-13/h2-5H,6-10H2,1H3. The highest BCUT2D eigenvalue weighted by atomic mass is 32.2. The predicted molar refractivity (Wildman–Crippen MR) is 85.0 cm³/mol. The van der Waals surface area contributed by atoms with Crippen LogP contribution >= 0.6 is 11.8 Å². The highest BCUT2D eigenvalue weighted by Gasteiger charge is 2.21. The van der Waals surface area contributed by atoms with Gasteiger partial charge in [-0.2, -0.15) is 0 Å². The summed E-state index contributed by atoms with van der Waals surface area (Å²) in [5, 5.41) is 8.01. The van der Waals surface area contributed by atoms with Crippen LogP contribution < -0.4 is 4.90 Å². The van der Waals surface area contributed by atoms with Crippen LogP contribution in [0.5, 0.6) is 0 Å². The van der Waals surface area contributed by atoms with Crippen LogP contribution in [0, 0.1) is 12.7 Å². The summed E-state index contributed by atoms with van der Waals surface area (Å²) in [6.45, 7) is 4.50. The Balaban J connectivity index is 1.48. The number of piperazine rings is 1. The molecule has 122 valence electrons. The molecule has 1 aromatic carbocycles. The van der Waals surface area contributed by atoms with Crippen LogP contribution in [0.15, 0.2) is 33.9 Å². The van der Waals surface area contributed by atoms with Crippen LogP contribution in [0.25, 0.3) is 0 Å². The summed E-state index contributed by atoms with van der Waals surface area (Å²) in [6.07, 6.45) is 0. The molecule has 0 bridgehead atoms. The Kier molecular flexibility index (Phi) is 4.80. The molecule has 0 atom stereocenters. The van der Waals surface area contributed by atoms with Crippen molar-refractivity contribution in [3.05, 3.63) is 36.0 Å². The van der Waals surface area contributed by atoms with Crippen molar-refractivity contribution in [2.75, 3.05) is 36.8 Å². The topological polar surface area (TPSA) is 62.5 Å². The fourth-order valence-corrected chi connectivity index (χ4v) is 3.13. The summed E-state index contributed by atoms with van der Waals surface area (Å²) in [7, 11) is 0. The molecule has 1 aliphatic heterocycles. The van der Waals surface area contributed by atoms with E-state index in [0.717, 1.165) is 18.8 Å². The maximum absolute atomic E-state index is 13.0. The van der Waals surface area contributed by atoms with E-state index in [0.29, 0.717) is 24.2 Å². The van der Waals surface area contributed by atoms with Crippen molar-refractivity contribution in [3.63, 3.8) is 0 Å². The van der Waals surface area contributed by atoms with E-state index in [1.807, 2.05) is 4.90 Å². The van der Waals surface area contributed by atoms with E-state index in [4.69, 9.17) is 4.42 Å². The Morgan fingerprint density at radius 2 is 1.91 bits per heavy atom. The Bertz CT molecular complexity index is 668. The Morgan fingerprint density at radius 1 is 1.22 bits per heavy atom. The quantitative estimate of drug-likeness (QED) is 0.796. The lowest BCUT2D eigenvalue weighted by Crippen LogP contribution is -2.49. The highest BCUT2D eigenvalue weighted by Crippen LogP contribution is 2.19. The van der Waals surface area contributed by atoms with Crippen molar-refractivity contribution in [1.82, 2.24) is 15.1 Å². The maximum Gasteiger partial charge on any atom is 0.277 e. The molecule has 0 aliphatic carbocycles. The van der Waals surface area contributed by atoms with Crippen LogP contribution in [0.4, 0.5) is 10.1 Å². The van der Waals surface area contributed by atoms with Crippen LogP contribution in [0.2, 0.25) is 0 Å². The van der Waals surface area contributed by atoms with Crippen LogP contribution in [-0.2, 0) is 4.79 Å². The van der Waals surface area contributed by atoms with Crippen molar-refractivity contribution in [2.24, 2.45) is 0 Å². The minimum atomic E-state index is -0.240. The van der Waals surface area contributed by atoms with Gasteiger partial charge in [-0.1, -0.05) is 11.8 Å². The third-order valence-corrected chi connectivity index (χ3v) is 4.45. The average Bonchev–Trinajstić information content (AvgIpc) is 2.99. The first-order chi connectivity index (χ1) is 11.1. The first-order valence-corrected chi connectivity index (χ1v) is 8.31. The largest absolute Gasteiger partial charge is 0.416 e. The number of anilines is 1. The number of carbonyl (C=O) groups is 1. The second-order valence-corrected chi connectivity index (χ2v) is 6.15. The van der Waals surface area contributed by atoms with Gasteiger partial charge in [0.2, 0.25) is 11.8 Å². The minimum Gasteiger partial charge on any atom is -0.416 e. The first kappa shape index (κ1) is 15.8. The number of nitrogens with zero attached hydrogens (tertiary/aromatic N) is 4. The molecule has 1 aliphatic rings. The molecule has 1 saturated heterocycles. The number of benzene rings is 1. The van der Waals surface area contributed by atoms with Gasteiger partial charge >= 0.3 is 0 Å². The summed E-state index contributed by atoms with van der Waals surface area (Å²) >= 11 is 1.26. The van der Waals surface area contributed by atoms with Gasteiger partial charge in [-0.05, 0) is 24.3 Å². The van der Waals surface area contributed by atoms with Crippen molar-refractivity contribution >= 4 is 23.4 Å². The van der Waals surface area contributed by atoms with Crippen molar-refractivity contribution < 1.29 is 13.6 Å². The van der Waals surface area contributed by atoms with E-state index in [-0.39, 0.29) is 17.5 Å². The van der Waals surface area contributed by atoms with Crippen molar-refractivity contribution in [2.45, 2.75) is 12.1 Å². The van der Waals surface area contributed by atoms with Crippen LogP contribution in [0.1, 0.15) is 5.89 Å². The monoisotopic (exact) mass is 336 g/mol. The first-order valence-electron chi connectivity index (χ1n) is 7.33. The summed E-state index contributed by atoms with van der Waals surface area (Å²) in [5.41, 5.74) is 0.981. The van der Waals surface area contributed by atoms with Gasteiger partial charge in [0, 0.05) is 38.8 Å². The molecule has 8 heteroatoms. The van der Waals surface area contributed by atoms with E-state index in [1.165, 1.54) is 23.9 Å². The summed E-state index contributed by atoms with van der Waals surface area (Å²) in [6, 6.07) is 6.44. The third-order valence-electron chi connectivity index (χ3n) is 3.65. The van der Waals surface area contributed by atoms with Crippen molar-refractivity contribution in [3.8, 4) is 0 Å². The molecule has 6 nitrogen and oxygen atoms in total. The van der Waals surface area contributed by atoms with Gasteiger partial charge in [0.05, 0.1) is 5.75 Å². The van der Waals surface area contributed by atoms with E-state index < -0.39 is 0 Å². The smallest absolute Gasteiger partial charge is 0.277 e. The molecule has 0 unspecified atom stereocenters. The molecular weight excluding hydrogens is 319 g/mol. The number of hydrogen-bond acceptors (Lipinski definition) is 6. The molecular formula is C15H17FN4O2S. The zero-order chi connectivity index (χ0) is 16.2. The second kappa shape index (κ2) is 6.99. The lowest BCUT2D eigenvalue weighted by atomic mass is 10.2. The summed E-state index contributed by atoms with van der Waals surface area (Å²) in [4.78, 5) is 16.2. The molecule has 0 N–H and O–H groups in total. The fraction of sp³-hybridized carbons (Fsp3) is 0.400. The zero-order valence-electron chi connectivity index (χ0n) is 12.7. The average molecular weight is 336 g/mol. The molecule has 23 heavy (non-hydrogen) atoms. The number of amides is 1. The number of aryl methyl sites for hydroxylation is 1. The van der Waals surface area contributed by atoms with Crippen LogP contribution in [-0.4, -0.2) is 52.9 Å². The normalized spacial score (nSPS) is 15.0. The van der Waals surface area contributed by atoms with Gasteiger partial charge in [0.15, 0.2) is 0 Å². The molecule has 0 spiro atoms. The fourth-order valence-electron chi connectivity index (χ4n) is 2.42. The van der Waals surface area contributed by atoms with Gasteiger partial charge in [-0.3, -0.25) is 4.79 Å². The second-order valence-electron chi connectivity index (χ2n) is 5.22. The van der Waals surface area contributed by atoms with E-state index >= 15 is 0 Å². The molecule has 2 aromatic rings. The van der Waals surface area contributed by atoms with Gasteiger partial charge in [-0.25, -0.2) is 4.39 Å². The number of hydrogen-bond donors (Lipinski definition) is 0. The minimum absolute atomic E-state index is 0.0598. The summed E-state index contributed by atoms with van der Waals surface area (Å²) in [5.74, 6) is 0.603. The van der Waals surface area contributed by atoms with Crippen LogP contribution in [0.3, 0.4) is 0 Å². The zero-order valence-corrected chi connectivity index (χ0v) is 13.6. The number of aromatic nitrogens is 2. The number of halogens is 1. The Morgan fingerprint density at radius 3 is 2.52 bits per heavy atom. The molecule has 0 radical (unpaired) electrons. The molecule has 1 aromatic heterocycles. The lowest BCUT2D eigenvalue weighted by Gasteiger charge is -2.36. The lowest BCUT2D eigenvalue weighted by molar-refractivity contribution is -0.128. The van der Waals surface area contributed by atoms with E-state index in [9.17, 15) is 9.18 Å². The number of rotatable bonds is 4. The van der Waals surface area contributed by atoms with Gasteiger partial charge < -0.3 is 14.2 Å².